The summed E-state index contributed by atoms with van der Waals surface area (Å²) in [6.45, 7) is 7.87. The smallest absolute Gasteiger partial charge is 0.0766 e. The third-order valence-electron chi connectivity index (χ3n) is 4.94. The third kappa shape index (κ3) is 3.11. The molecule has 1 saturated carbocycles. The van der Waals surface area contributed by atoms with Gasteiger partial charge >= 0.3 is 0 Å². The van der Waals surface area contributed by atoms with Crippen LogP contribution in [0.15, 0.2) is 4.47 Å². The zero-order valence-electron chi connectivity index (χ0n) is 13.3. The van der Waals surface area contributed by atoms with Crippen LogP contribution in [0.4, 0.5) is 0 Å². The van der Waals surface area contributed by atoms with Crippen molar-refractivity contribution in [3.63, 3.8) is 0 Å². The van der Waals surface area contributed by atoms with Gasteiger partial charge in [-0.05, 0) is 47.2 Å². The van der Waals surface area contributed by atoms with Crippen LogP contribution in [-0.2, 0) is 19.9 Å². The Hall–Kier alpha value is -0.350. The number of hydrogen-bond donors (Lipinski definition) is 1. The van der Waals surface area contributed by atoms with Crippen LogP contribution in [0.1, 0.15) is 57.8 Å². The highest BCUT2D eigenvalue weighted by Crippen LogP contribution is 2.42. The maximum Gasteiger partial charge on any atom is 0.0766 e. The molecule has 2 rings (SSSR count). The lowest BCUT2D eigenvalue weighted by Crippen LogP contribution is -2.44. The number of aryl methyl sites for hydroxylation is 2. The molecule has 1 aromatic heterocycles. The summed E-state index contributed by atoms with van der Waals surface area (Å²) in [5.41, 5.74) is 2.95. The quantitative estimate of drug-likeness (QED) is 0.851. The molecule has 0 radical (unpaired) electrons. The van der Waals surface area contributed by atoms with E-state index in [4.69, 9.17) is 0 Å². The lowest BCUT2D eigenvalue weighted by molar-refractivity contribution is 0.219. The maximum atomic E-state index is 4.63. The third-order valence-corrected chi connectivity index (χ3v) is 5.85. The predicted molar refractivity (Wildman–Crippen MR) is 88.0 cm³/mol. The molecule has 3 nitrogen and oxygen atoms in total. The van der Waals surface area contributed by atoms with E-state index in [1.165, 1.54) is 41.5 Å². The second kappa shape index (κ2) is 6.61. The number of hydrogen-bond acceptors (Lipinski definition) is 2. The predicted octanol–water partition coefficient (Wildman–Crippen LogP) is 3.85. The van der Waals surface area contributed by atoms with E-state index in [1.807, 2.05) is 0 Å². The van der Waals surface area contributed by atoms with E-state index in [0.717, 1.165) is 19.4 Å². The summed E-state index contributed by atoms with van der Waals surface area (Å²) in [5.74, 6) is 0. The summed E-state index contributed by atoms with van der Waals surface area (Å²) in [7, 11) is 2.07. The highest BCUT2D eigenvalue weighted by atomic mass is 79.9. The van der Waals surface area contributed by atoms with E-state index in [-0.39, 0.29) is 0 Å². The number of halogens is 1. The van der Waals surface area contributed by atoms with Crippen LogP contribution in [0.2, 0.25) is 0 Å². The van der Waals surface area contributed by atoms with Gasteiger partial charge in [0.25, 0.3) is 0 Å². The molecule has 0 bridgehead atoms. The van der Waals surface area contributed by atoms with Crippen molar-refractivity contribution in [1.82, 2.24) is 15.1 Å². The maximum absolute atomic E-state index is 4.63. The number of aromatic nitrogens is 2. The van der Waals surface area contributed by atoms with Gasteiger partial charge in [-0.3, -0.25) is 4.68 Å². The van der Waals surface area contributed by atoms with E-state index >= 15 is 0 Å². The molecule has 1 N–H and O–H groups in total. The van der Waals surface area contributed by atoms with Gasteiger partial charge in [-0.15, -0.1) is 0 Å². The molecule has 1 fully saturated rings. The van der Waals surface area contributed by atoms with Gasteiger partial charge in [0, 0.05) is 19.5 Å². The average molecular weight is 342 g/mol. The molecule has 1 aromatic rings. The van der Waals surface area contributed by atoms with Crippen LogP contribution in [0.5, 0.6) is 0 Å². The largest absolute Gasteiger partial charge is 0.313 e. The summed E-state index contributed by atoms with van der Waals surface area (Å²) in [6, 6.07) is 0.548. The Morgan fingerprint density at radius 2 is 2.00 bits per heavy atom. The lowest BCUT2D eigenvalue weighted by atomic mass is 9.78. The fourth-order valence-corrected chi connectivity index (χ4v) is 4.36. The molecule has 1 aliphatic rings. The molecule has 0 saturated heterocycles. The molecule has 0 aromatic carbocycles. The first kappa shape index (κ1) is 16.0. The second-order valence-electron chi connectivity index (χ2n) is 6.36. The molecule has 1 unspecified atom stereocenters. The monoisotopic (exact) mass is 341 g/mol. The van der Waals surface area contributed by atoms with Crippen molar-refractivity contribution in [2.24, 2.45) is 12.5 Å². The molecule has 1 atom stereocenters. The molecule has 0 amide bonds. The van der Waals surface area contributed by atoms with E-state index < -0.39 is 0 Å². The minimum atomic E-state index is 0.437. The van der Waals surface area contributed by atoms with Crippen molar-refractivity contribution in [2.45, 2.75) is 65.3 Å². The fourth-order valence-electron chi connectivity index (χ4n) is 3.58. The van der Waals surface area contributed by atoms with Crippen molar-refractivity contribution in [2.75, 3.05) is 6.54 Å². The molecular weight excluding hydrogens is 314 g/mol. The molecule has 20 heavy (non-hydrogen) atoms. The number of nitrogens with zero attached hydrogens (tertiary/aromatic N) is 2. The van der Waals surface area contributed by atoms with Gasteiger partial charge in [-0.2, -0.15) is 5.10 Å². The van der Waals surface area contributed by atoms with Gasteiger partial charge in [0.2, 0.25) is 0 Å². The minimum absolute atomic E-state index is 0.437. The zero-order valence-corrected chi connectivity index (χ0v) is 14.9. The Balaban J connectivity index is 2.22. The Morgan fingerprint density at radius 3 is 2.50 bits per heavy atom. The fraction of sp³-hybridized carbons (Fsp3) is 0.812. The van der Waals surface area contributed by atoms with E-state index in [2.05, 4.69) is 58.8 Å². The van der Waals surface area contributed by atoms with Crippen molar-refractivity contribution in [3.8, 4) is 0 Å². The summed E-state index contributed by atoms with van der Waals surface area (Å²) in [4.78, 5) is 0. The van der Waals surface area contributed by atoms with Crippen molar-refractivity contribution < 1.29 is 0 Å². The van der Waals surface area contributed by atoms with Gasteiger partial charge in [0.1, 0.15) is 0 Å². The summed E-state index contributed by atoms with van der Waals surface area (Å²) in [5, 5.41) is 8.37. The SMILES string of the molecule is CCNC(Cc1c(Br)c(CC)nn1C)C1(C)CCCC1. The molecule has 0 spiro atoms. The Kier molecular flexibility index (Phi) is 5.30. The van der Waals surface area contributed by atoms with Gasteiger partial charge in [0.05, 0.1) is 15.9 Å². The summed E-state index contributed by atoms with van der Waals surface area (Å²) in [6.07, 6.45) is 7.50. The normalized spacial score (nSPS) is 19.4. The Morgan fingerprint density at radius 1 is 1.35 bits per heavy atom. The van der Waals surface area contributed by atoms with Crippen LogP contribution in [-0.4, -0.2) is 22.4 Å². The number of nitrogens with one attached hydrogen (secondary N) is 1. The second-order valence-corrected chi connectivity index (χ2v) is 7.15. The average Bonchev–Trinajstić information content (AvgIpc) is 2.97. The van der Waals surface area contributed by atoms with Crippen LogP contribution < -0.4 is 5.32 Å². The van der Waals surface area contributed by atoms with Gasteiger partial charge in [-0.25, -0.2) is 0 Å². The van der Waals surface area contributed by atoms with Gasteiger partial charge < -0.3 is 5.32 Å². The molecule has 0 aliphatic heterocycles. The van der Waals surface area contributed by atoms with Crippen LogP contribution in [0.25, 0.3) is 0 Å². The van der Waals surface area contributed by atoms with Crippen molar-refractivity contribution in [3.05, 3.63) is 15.9 Å². The van der Waals surface area contributed by atoms with Crippen molar-refractivity contribution in [1.29, 1.82) is 0 Å². The molecular formula is C16H28BrN3. The topological polar surface area (TPSA) is 29.9 Å². The van der Waals surface area contributed by atoms with Gasteiger partial charge in [-0.1, -0.05) is 33.6 Å². The first-order valence-electron chi connectivity index (χ1n) is 7.95. The van der Waals surface area contributed by atoms with E-state index in [1.54, 1.807) is 0 Å². The van der Waals surface area contributed by atoms with E-state index in [0.29, 0.717) is 11.5 Å². The molecule has 1 aliphatic carbocycles. The summed E-state index contributed by atoms with van der Waals surface area (Å²) < 4.78 is 3.28. The van der Waals surface area contributed by atoms with Crippen LogP contribution >= 0.6 is 15.9 Å². The minimum Gasteiger partial charge on any atom is -0.313 e. The first-order chi connectivity index (χ1) is 9.51. The highest BCUT2D eigenvalue weighted by molar-refractivity contribution is 9.10. The standard InChI is InChI=1S/C16H28BrN3/c1-5-12-15(17)13(20(4)19-12)11-14(18-6-2)16(3)9-7-8-10-16/h14,18H,5-11H2,1-4H3. The molecule has 114 valence electrons. The van der Waals surface area contributed by atoms with E-state index in [9.17, 15) is 0 Å². The zero-order chi connectivity index (χ0) is 14.8. The number of likely N-dealkylation sites (N-methyl/N-ethyl adjacent to an activating group) is 1. The Labute approximate surface area is 131 Å². The number of rotatable bonds is 6. The molecule has 1 heterocycles. The first-order valence-corrected chi connectivity index (χ1v) is 8.74. The van der Waals surface area contributed by atoms with Crippen LogP contribution in [0.3, 0.4) is 0 Å². The lowest BCUT2D eigenvalue weighted by Gasteiger charge is -2.35. The summed E-state index contributed by atoms with van der Waals surface area (Å²) >= 11 is 3.76. The molecule has 4 heteroatoms. The van der Waals surface area contributed by atoms with Crippen LogP contribution in [0, 0.1) is 5.41 Å². The highest BCUT2D eigenvalue weighted by Gasteiger charge is 2.37. The van der Waals surface area contributed by atoms with Crippen molar-refractivity contribution >= 4 is 15.9 Å². The Bertz CT molecular complexity index is 447. The van der Waals surface area contributed by atoms with Gasteiger partial charge in [0.15, 0.2) is 0 Å².